The van der Waals surface area contributed by atoms with E-state index in [2.05, 4.69) is 5.18 Å². The molecule has 0 spiro atoms. The van der Waals surface area contributed by atoms with E-state index in [0.717, 1.165) is 12.0 Å². The van der Waals surface area contributed by atoms with E-state index in [-0.39, 0.29) is 0 Å². The fraction of sp³-hybridized carbons (Fsp3) is 0.500. The average Bonchev–Trinajstić information content (AvgIpc) is 2.64. The molecule has 0 aliphatic heterocycles. The van der Waals surface area contributed by atoms with E-state index in [1.165, 1.54) is 0 Å². The summed E-state index contributed by atoms with van der Waals surface area (Å²) in [5.41, 5.74) is 1.71. The van der Waals surface area contributed by atoms with Crippen molar-refractivity contribution < 1.29 is 4.79 Å². The molecule has 0 saturated heterocycles. The molecule has 1 aliphatic carbocycles. The summed E-state index contributed by atoms with van der Waals surface area (Å²) in [5, 5.41) is 2.30. The highest BCUT2D eigenvalue weighted by atomic mass is 16.3. The molecule has 0 heterocycles. The second-order valence-electron chi connectivity index (χ2n) is 2.01. The molecule has 3 nitrogen and oxygen atoms in total. The van der Waals surface area contributed by atoms with Gasteiger partial charge in [0.15, 0.2) is 0 Å². The lowest BCUT2D eigenvalue weighted by Gasteiger charge is -1.71. The third-order valence-electron chi connectivity index (χ3n) is 1.46. The molecule has 1 aliphatic rings. The van der Waals surface area contributed by atoms with Crippen LogP contribution in [0.5, 0.6) is 0 Å². The second-order valence-corrected chi connectivity index (χ2v) is 2.01. The number of nitrogens with zero attached hydrogens (tertiary/aromatic N) is 1. The van der Waals surface area contributed by atoms with Crippen LogP contribution in [0.15, 0.2) is 16.3 Å². The first-order valence-corrected chi connectivity index (χ1v) is 2.88. The highest BCUT2D eigenvalue weighted by molar-refractivity contribution is 5.99. The molecule has 1 amide bonds. The van der Waals surface area contributed by atoms with Gasteiger partial charge in [0.1, 0.15) is 0 Å². The van der Waals surface area contributed by atoms with Crippen molar-refractivity contribution in [1.29, 1.82) is 0 Å². The summed E-state index contributed by atoms with van der Waals surface area (Å²) in [6.45, 7) is 1.96. The Morgan fingerprint density at radius 2 is 2.44 bits per heavy atom. The van der Waals surface area contributed by atoms with Crippen molar-refractivity contribution in [3.63, 3.8) is 0 Å². The van der Waals surface area contributed by atoms with Crippen molar-refractivity contribution in [3.05, 3.63) is 16.1 Å². The minimum Gasteiger partial charge on any atom is -0.264 e. The summed E-state index contributed by atoms with van der Waals surface area (Å²) in [6, 6.07) is 0. The predicted octanol–water partition coefficient (Wildman–Crippen LogP) is 1.39. The van der Waals surface area contributed by atoms with E-state index < -0.39 is 5.91 Å². The Balaban J connectivity index is 2.58. The standard InChI is InChI=1S/C6H7NO2/c1-2-4-3-5(4)6(8)7-9/h2-3H2,1H3. The van der Waals surface area contributed by atoms with Crippen LogP contribution in [0, 0.1) is 4.91 Å². The first-order valence-electron chi connectivity index (χ1n) is 2.88. The number of hydrogen-bond donors (Lipinski definition) is 0. The quantitative estimate of drug-likeness (QED) is 0.523. The highest BCUT2D eigenvalue weighted by Gasteiger charge is 2.26. The van der Waals surface area contributed by atoms with Crippen LogP contribution in [-0.4, -0.2) is 5.91 Å². The van der Waals surface area contributed by atoms with Crippen LogP contribution in [0.25, 0.3) is 0 Å². The maximum Gasteiger partial charge on any atom is 0.313 e. The molecule has 3 heteroatoms. The van der Waals surface area contributed by atoms with Gasteiger partial charge in [0.05, 0.1) is 0 Å². The van der Waals surface area contributed by atoms with Gasteiger partial charge in [-0.1, -0.05) is 12.5 Å². The maximum absolute atomic E-state index is 10.4. The number of rotatable bonds is 2. The molecular formula is C6H7NO2. The van der Waals surface area contributed by atoms with Gasteiger partial charge in [-0.05, 0) is 12.8 Å². The zero-order valence-corrected chi connectivity index (χ0v) is 5.18. The summed E-state index contributed by atoms with van der Waals surface area (Å²) >= 11 is 0. The summed E-state index contributed by atoms with van der Waals surface area (Å²) in [7, 11) is 0. The van der Waals surface area contributed by atoms with Gasteiger partial charge in [0, 0.05) is 10.7 Å². The molecule has 48 valence electrons. The normalized spacial score (nSPS) is 15.7. The third kappa shape index (κ3) is 1.04. The van der Waals surface area contributed by atoms with Crippen molar-refractivity contribution in [3.8, 4) is 0 Å². The lowest BCUT2D eigenvalue weighted by molar-refractivity contribution is -0.114. The zero-order chi connectivity index (χ0) is 6.85. The summed E-state index contributed by atoms with van der Waals surface area (Å²) in [6.07, 6.45) is 1.58. The smallest absolute Gasteiger partial charge is 0.264 e. The van der Waals surface area contributed by atoms with Crippen molar-refractivity contribution in [2.24, 2.45) is 5.18 Å². The number of allylic oxidation sites excluding steroid dienone is 1. The molecule has 0 aromatic heterocycles. The molecule has 0 aromatic rings. The Hall–Kier alpha value is -0.990. The van der Waals surface area contributed by atoms with Crippen LogP contribution in [0.3, 0.4) is 0 Å². The van der Waals surface area contributed by atoms with Crippen molar-refractivity contribution in [2.75, 3.05) is 0 Å². The number of carbonyl (C=O) groups excluding carboxylic acids is 1. The molecule has 0 radical (unpaired) electrons. The largest absolute Gasteiger partial charge is 0.313 e. The Morgan fingerprint density at radius 1 is 1.78 bits per heavy atom. The number of carbonyl (C=O) groups is 1. The fourth-order valence-electron chi connectivity index (χ4n) is 0.790. The third-order valence-corrected chi connectivity index (χ3v) is 1.46. The van der Waals surface area contributed by atoms with Gasteiger partial charge in [-0.15, -0.1) is 4.91 Å². The van der Waals surface area contributed by atoms with Crippen LogP contribution >= 0.6 is 0 Å². The van der Waals surface area contributed by atoms with Crippen LogP contribution in [0.1, 0.15) is 19.8 Å². The second kappa shape index (κ2) is 2.09. The Bertz CT molecular complexity index is 193. The van der Waals surface area contributed by atoms with Crippen molar-refractivity contribution >= 4 is 5.91 Å². The molecule has 0 saturated carbocycles. The molecule has 1 rings (SSSR count). The minimum absolute atomic E-state index is 0.577. The predicted molar refractivity (Wildman–Crippen MR) is 32.7 cm³/mol. The van der Waals surface area contributed by atoms with Crippen LogP contribution in [0.2, 0.25) is 0 Å². The average molecular weight is 125 g/mol. The van der Waals surface area contributed by atoms with Crippen molar-refractivity contribution in [1.82, 2.24) is 0 Å². The fourth-order valence-corrected chi connectivity index (χ4v) is 0.790. The van der Waals surface area contributed by atoms with Crippen LogP contribution in [0.4, 0.5) is 0 Å². The molecule has 0 bridgehead atoms. The van der Waals surface area contributed by atoms with Crippen LogP contribution in [-0.2, 0) is 4.79 Å². The lowest BCUT2D eigenvalue weighted by atomic mass is 10.4. The highest BCUT2D eigenvalue weighted by Crippen LogP contribution is 2.33. The number of nitroso groups, excluding NO2 is 1. The monoisotopic (exact) mass is 125 g/mol. The number of hydrogen-bond acceptors (Lipinski definition) is 2. The van der Waals surface area contributed by atoms with Gasteiger partial charge in [-0.3, -0.25) is 4.79 Å². The van der Waals surface area contributed by atoms with Gasteiger partial charge >= 0.3 is 5.91 Å². The SMILES string of the molecule is CCC1=C(C(=O)N=O)C1. The van der Waals surface area contributed by atoms with E-state index in [1.807, 2.05) is 6.92 Å². The topological polar surface area (TPSA) is 46.5 Å². The summed E-state index contributed by atoms with van der Waals surface area (Å²) < 4.78 is 0. The maximum atomic E-state index is 10.4. The molecule has 0 aromatic carbocycles. The molecular weight excluding hydrogens is 118 g/mol. The van der Waals surface area contributed by atoms with E-state index in [1.54, 1.807) is 0 Å². The Labute approximate surface area is 52.7 Å². The van der Waals surface area contributed by atoms with E-state index in [0.29, 0.717) is 12.0 Å². The van der Waals surface area contributed by atoms with Gasteiger partial charge in [0.2, 0.25) is 0 Å². The molecule has 0 unspecified atom stereocenters. The first-order chi connectivity index (χ1) is 4.29. The number of amides is 1. The summed E-state index contributed by atoms with van der Waals surface area (Å²) in [5.74, 6) is -0.577. The van der Waals surface area contributed by atoms with Crippen LogP contribution < -0.4 is 0 Å². The van der Waals surface area contributed by atoms with Crippen molar-refractivity contribution in [2.45, 2.75) is 19.8 Å². The zero-order valence-electron chi connectivity index (χ0n) is 5.18. The molecule has 0 atom stereocenters. The Kier molecular flexibility index (Phi) is 1.42. The van der Waals surface area contributed by atoms with Gasteiger partial charge in [-0.2, -0.15) is 0 Å². The van der Waals surface area contributed by atoms with Gasteiger partial charge < -0.3 is 0 Å². The van der Waals surface area contributed by atoms with Gasteiger partial charge in [-0.25, -0.2) is 0 Å². The Morgan fingerprint density at radius 3 is 2.78 bits per heavy atom. The van der Waals surface area contributed by atoms with E-state index in [9.17, 15) is 9.70 Å². The minimum atomic E-state index is -0.577. The van der Waals surface area contributed by atoms with E-state index >= 15 is 0 Å². The first kappa shape index (κ1) is 6.13. The molecule has 9 heavy (non-hydrogen) atoms. The molecule has 0 N–H and O–H groups in total. The van der Waals surface area contributed by atoms with E-state index in [4.69, 9.17) is 0 Å². The lowest BCUT2D eigenvalue weighted by Crippen LogP contribution is -1.84. The molecule has 0 fully saturated rings. The summed E-state index contributed by atoms with van der Waals surface area (Å²) in [4.78, 5) is 20.0. The van der Waals surface area contributed by atoms with Gasteiger partial charge in [0.25, 0.3) is 0 Å².